The van der Waals surface area contributed by atoms with Gasteiger partial charge in [0.1, 0.15) is 16.5 Å². The molecule has 0 aliphatic heterocycles. The summed E-state index contributed by atoms with van der Waals surface area (Å²) in [7, 11) is 0. The largest absolute Gasteiger partial charge is 0.438 e. The molecule has 0 aliphatic carbocycles. The Kier molecular flexibility index (Phi) is 3.72. The first-order chi connectivity index (χ1) is 8.74. The Labute approximate surface area is 112 Å². The summed E-state index contributed by atoms with van der Waals surface area (Å²) in [5.41, 5.74) is 2.98. The number of nitrogens with two attached hydrogens (primary N) is 1. The van der Waals surface area contributed by atoms with E-state index in [1.54, 1.807) is 24.3 Å². The third-order valence-corrected chi connectivity index (χ3v) is 2.81. The van der Waals surface area contributed by atoms with Crippen molar-refractivity contribution in [2.24, 2.45) is 5.84 Å². The van der Waals surface area contributed by atoms with Crippen LogP contribution in [0.1, 0.15) is 5.56 Å². The van der Waals surface area contributed by atoms with Crippen LogP contribution in [0, 0.1) is 11.3 Å². The zero-order chi connectivity index (χ0) is 13.0. The number of nitrogens with zero attached hydrogens (tertiary/aromatic N) is 3. The third-order valence-electron chi connectivity index (χ3n) is 2.09. The SMILES string of the molecule is N#Cc1ccc(Oc2ncnc(NN)c2Br)cc1. The molecule has 6 nitrogen and oxygen atoms in total. The fourth-order valence-electron chi connectivity index (χ4n) is 1.23. The van der Waals surface area contributed by atoms with Crippen LogP contribution in [0.15, 0.2) is 35.1 Å². The summed E-state index contributed by atoms with van der Waals surface area (Å²) in [5, 5.41) is 8.69. The van der Waals surface area contributed by atoms with Crippen molar-refractivity contribution in [3.8, 4) is 17.7 Å². The van der Waals surface area contributed by atoms with Crippen LogP contribution in [0.2, 0.25) is 0 Å². The molecule has 3 N–H and O–H groups in total. The van der Waals surface area contributed by atoms with Gasteiger partial charge in [-0.05, 0) is 40.2 Å². The van der Waals surface area contributed by atoms with Gasteiger partial charge in [-0.2, -0.15) is 5.26 Å². The summed E-state index contributed by atoms with van der Waals surface area (Å²) in [5.74, 6) is 6.62. The molecule has 0 radical (unpaired) electrons. The van der Waals surface area contributed by atoms with Crippen molar-refractivity contribution in [3.05, 3.63) is 40.6 Å². The van der Waals surface area contributed by atoms with Crippen LogP contribution in [0.25, 0.3) is 0 Å². The highest BCUT2D eigenvalue weighted by atomic mass is 79.9. The summed E-state index contributed by atoms with van der Waals surface area (Å²) < 4.78 is 6.07. The number of ether oxygens (including phenoxy) is 1. The van der Waals surface area contributed by atoms with Gasteiger partial charge >= 0.3 is 0 Å². The fourth-order valence-corrected chi connectivity index (χ4v) is 1.63. The normalized spacial score (nSPS) is 9.61. The van der Waals surface area contributed by atoms with E-state index in [4.69, 9.17) is 15.8 Å². The van der Waals surface area contributed by atoms with Crippen molar-refractivity contribution in [2.75, 3.05) is 5.43 Å². The molecule has 7 heteroatoms. The first-order valence-electron chi connectivity index (χ1n) is 4.89. The Hall–Kier alpha value is -2.17. The lowest BCUT2D eigenvalue weighted by molar-refractivity contribution is 0.458. The molecule has 0 saturated heterocycles. The second-order valence-corrected chi connectivity index (χ2v) is 4.02. The quantitative estimate of drug-likeness (QED) is 0.666. The van der Waals surface area contributed by atoms with Gasteiger partial charge in [-0.25, -0.2) is 15.8 Å². The van der Waals surface area contributed by atoms with E-state index in [0.29, 0.717) is 27.5 Å². The lowest BCUT2D eigenvalue weighted by Crippen LogP contribution is -2.09. The molecular formula is C11H8BrN5O. The van der Waals surface area contributed by atoms with Crippen LogP contribution in [0.5, 0.6) is 11.6 Å². The first-order valence-corrected chi connectivity index (χ1v) is 5.69. The molecule has 90 valence electrons. The number of hydrogen-bond donors (Lipinski definition) is 2. The molecule has 0 bridgehead atoms. The minimum Gasteiger partial charge on any atom is -0.438 e. The van der Waals surface area contributed by atoms with Crippen LogP contribution in [-0.2, 0) is 0 Å². The second-order valence-electron chi connectivity index (χ2n) is 3.22. The van der Waals surface area contributed by atoms with E-state index in [2.05, 4.69) is 31.3 Å². The monoisotopic (exact) mass is 305 g/mol. The predicted molar refractivity (Wildman–Crippen MR) is 68.8 cm³/mol. The lowest BCUT2D eigenvalue weighted by atomic mass is 10.2. The fraction of sp³-hybridized carbons (Fsp3) is 0. The Bertz CT molecular complexity index is 593. The average molecular weight is 306 g/mol. The molecule has 18 heavy (non-hydrogen) atoms. The molecule has 0 saturated carbocycles. The Balaban J connectivity index is 2.26. The van der Waals surface area contributed by atoms with E-state index in [1.807, 2.05) is 6.07 Å². The van der Waals surface area contributed by atoms with Gasteiger partial charge in [0.2, 0.25) is 5.88 Å². The lowest BCUT2D eigenvalue weighted by Gasteiger charge is -2.08. The zero-order valence-electron chi connectivity index (χ0n) is 9.09. The topological polar surface area (TPSA) is 96.8 Å². The molecule has 0 amide bonds. The van der Waals surface area contributed by atoms with Gasteiger partial charge in [0, 0.05) is 0 Å². The van der Waals surface area contributed by atoms with Gasteiger partial charge in [0.25, 0.3) is 0 Å². The summed E-state index contributed by atoms with van der Waals surface area (Å²) in [6, 6.07) is 8.72. The van der Waals surface area contributed by atoms with Crippen LogP contribution in [-0.4, -0.2) is 9.97 Å². The van der Waals surface area contributed by atoms with E-state index in [-0.39, 0.29) is 0 Å². The van der Waals surface area contributed by atoms with E-state index in [0.717, 1.165) is 0 Å². The van der Waals surface area contributed by atoms with Gasteiger partial charge in [-0.15, -0.1) is 0 Å². The Morgan fingerprint density at radius 3 is 2.61 bits per heavy atom. The van der Waals surface area contributed by atoms with Crippen molar-refractivity contribution >= 4 is 21.7 Å². The smallest absolute Gasteiger partial charge is 0.238 e. The molecule has 1 heterocycles. The molecule has 2 aromatic rings. The van der Waals surface area contributed by atoms with E-state index in [9.17, 15) is 0 Å². The van der Waals surface area contributed by atoms with E-state index >= 15 is 0 Å². The second kappa shape index (κ2) is 5.44. The van der Waals surface area contributed by atoms with Gasteiger partial charge < -0.3 is 10.2 Å². The predicted octanol–water partition coefficient (Wildman–Crippen LogP) is 2.19. The molecule has 0 fully saturated rings. The minimum atomic E-state index is 0.336. The number of benzene rings is 1. The number of aromatic nitrogens is 2. The van der Waals surface area contributed by atoms with Gasteiger partial charge in [0.15, 0.2) is 5.82 Å². The highest BCUT2D eigenvalue weighted by Crippen LogP contribution is 2.31. The molecule has 0 unspecified atom stereocenters. The maximum atomic E-state index is 8.69. The number of nitriles is 1. The summed E-state index contributed by atoms with van der Waals surface area (Å²) in [6.45, 7) is 0. The molecular weight excluding hydrogens is 298 g/mol. The Morgan fingerprint density at radius 2 is 2.00 bits per heavy atom. The number of nitrogen functional groups attached to an aromatic ring is 1. The highest BCUT2D eigenvalue weighted by Gasteiger charge is 2.09. The molecule has 1 aromatic carbocycles. The number of hydrogen-bond acceptors (Lipinski definition) is 6. The molecule has 0 aliphatic rings. The van der Waals surface area contributed by atoms with Crippen LogP contribution in [0.3, 0.4) is 0 Å². The van der Waals surface area contributed by atoms with Gasteiger partial charge in [-0.1, -0.05) is 0 Å². The van der Waals surface area contributed by atoms with Crippen molar-refractivity contribution in [1.29, 1.82) is 5.26 Å². The molecule has 2 rings (SSSR count). The van der Waals surface area contributed by atoms with Crippen LogP contribution >= 0.6 is 15.9 Å². The number of nitrogens with one attached hydrogen (secondary N) is 1. The van der Waals surface area contributed by atoms with Gasteiger partial charge in [0.05, 0.1) is 11.6 Å². The molecule has 1 aromatic heterocycles. The summed E-state index contributed by atoms with van der Waals surface area (Å²) in [6.07, 6.45) is 1.33. The number of rotatable bonds is 3. The van der Waals surface area contributed by atoms with E-state index in [1.165, 1.54) is 6.33 Å². The van der Waals surface area contributed by atoms with Gasteiger partial charge in [-0.3, -0.25) is 0 Å². The first kappa shape index (κ1) is 12.3. The maximum Gasteiger partial charge on any atom is 0.238 e. The van der Waals surface area contributed by atoms with Crippen molar-refractivity contribution in [1.82, 2.24) is 9.97 Å². The summed E-state index contributed by atoms with van der Waals surface area (Å²) >= 11 is 3.28. The Morgan fingerprint density at radius 1 is 1.28 bits per heavy atom. The van der Waals surface area contributed by atoms with Crippen LogP contribution in [0.4, 0.5) is 5.82 Å². The van der Waals surface area contributed by atoms with Crippen LogP contribution < -0.4 is 16.0 Å². The minimum absolute atomic E-state index is 0.336. The van der Waals surface area contributed by atoms with Crippen molar-refractivity contribution < 1.29 is 4.74 Å². The highest BCUT2D eigenvalue weighted by molar-refractivity contribution is 9.10. The number of halogens is 1. The third kappa shape index (κ3) is 2.56. The average Bonchev–Trinajstić information content (AvgIpc) is 2.42. The van der Waals surface area contributed by atoms with Crippen molar-refractivity contribution in [2.45, 2.75) is 0 Å². The maximum absolute atomic E-state index is 8.69. The van der Waals surface area contributed by atoms with E-state index < -0.39 is 0 Å². The zero-order valence-corrected chi connectivity index (χ0v) is 10.7. The standard InChI is InChI=1S/C11H8BrN5O/c12-9-10(17-14)15-6-16-11(9)18-8-3-1-7(5-13)2-4-8/h1-4,6H,14H2,(H,15,16,17). The van der Waals surface area contributed by atoms with Crippen molar-refractivity contribution in [3.63, 3.8) is 0 Å². The molecule has 0 spiro atoms. The molecule has 0 atom stereocenters. The number of hydrazine groups is 1. The number of anilines is 1. The summed E-state index contributed by atoms with van der Waals surface area (Å²) in [4.78, 5) is 7.89.